The van der Waals surface area contributed by atoms with E-state index in [2.05, 4.69) is 19.2 Å². The van der Waals surface area contributed by atoms with E-state index in [1.807, 2.05) is 0 Å². The lowest BCUT2D eigenvalue weighted by molar-refractivity contribution is -0.143. The standard InChI is InChI=1S/C12H20N2O2/c1-12(2)5-3-4-9(12)11(16)14-7-6-13-10(15)8-14/h9H,3-8H2,1-2H3,(H,13,15). The first-order valence-electron chi connectivity index (χ1n) is 6.06. The highest BCUT2D eigenvalue weighted by Gasteiger charge is 2.41. The van der Waals surface area contributed by atoms with E-state index in [0.29, 0.717) is 13.1 Å². The summed E-state index contributed by atoms with van der Waals surface area (Å²) in [6.45, 7) is 5.82. The third-order valence-corrected chi connectivity index (χ3v) is 3.91. The van der Waals surface area contributed by atoms with E-state index in [9.17, 15) is 9.59 Å². The molecule has 2 fully saturated rings. The minimum absolute atomic E-state index is 0.0320. The van der Waals surface area contributed by atoms with Crippen LogP contribution in [-0.4, -0.2) is 36.3 Å². The molecule has 1 N–H and O–H groups in total. The normalized spacial score (nSPS) is 29.0. The Hall–Kier alpha value is -1.06. The molecule has 0 bridgehead atoms. The van der Waals surface area contributed by atoms with Gasteiger partial charge in [0.05, 0.1) is 6.54 Å². The Balaban J connectivity index is 2.04. The predicted molar refractivity (Wildman–Crippen MR) is 60.7 cm³/mol. The van der Waals surface area contributed by atoms with Crippen molar-refractivity contribution in [3.63, 3.8) is 0 Å². The number of carbonyl (C=O) groups excluding carboxylic acids is 2. The van der Waals surface area contributed by atoms with Crippen LogP contribution in [0.1, 0.15) is 33.1 Å². The van der Waals surface area contributed by atoms with Crippen molar-refractivity contribution >= 4 is 11.8 Å². The molecule has 0 aromatic carbocycles. The van der Waals surface area contributed by atoms with E-state index < -0.39 is 0 Å². The minimum Gasteiger partial charge on any atom is -0.353 e. The van der Waals surface area contributed by atoms with Crippen LogP contribution in [0.4, 0.5) is 0 Å². The van der Waals surface area contributed by atoms with Crippen molar-refractivity contribution in [3.8, 4) is 0 Å². The van der Waals surface area contributed by atoms with Crippen LogP contribution in [-0.2, 0) is 9.59 Å². The summed E-state index contributed by atoms with van der Waals surface area (Å²) < 4.78 is 0. The third kappa shape index (κ3) is 2.06. The zero-order valence-corrected chi connectivity index (χ0v) is 10.1. The van der Waals surface area contributed by atoms with E-state index in [1.165, 1.54) is 0 Å². The van der Waals surface area contributed by atoms with Crippen LogP contribution in [0.5, 0.6) is 0 Å². The molecule has 1 saturated carbocycles. The van der Waals surface area contributed by atoms with Gasteiger partial charge in [0, 0.05) is 19.0 Å². The van der Waals surface area contributed by atoms with Gasteiger partial charge in [-0.15, -0.1) is 0 Å². The summed E-state index contributed by atoms with van der Waals surface area (Å²) >= 11 is 0. The third-order valence-electron chi connectivity index (χ3n) is 3.91. The monoisotopic (exact) mass is 224 g/mol. The molecule has 16 heavy (non-hydrogen) atoms. The first-order valence-corrected chi connectivity index (χ1v) is 6.06. The second-order valence-corrected chi connectivity index (χ2v) is 5.54. The maximum atomic E-state index is 12.3. The van der Waals surface area contributed by atoms with Gasteiger partial charge in [0.1, 0.15) is 0 Å². The summed E-state index contributed by atoms with van der Waals surface area (Å²) in [6.07, 6.45) is 3.22. The molecule has 4 heteroatoms. The van der Waals surface area contributed by atoms with Crippen molar-refractivity contribution in [2.24, 2.45) is 11.3 Å². The average molecular weight is 224 g/mol. The molecule has 0 radical (unpaired) electrons. The van der Waals surface area contributed by atoms with Gasteiger partial charge in [-0.05, 0) is 18.3 Å². The summed E-state index contributed by atoms with van der Waals surface area (Å²) in [5.74, 6) is 0.256. The number of nitrogens with zero attached hydrogens (tertiary/aromatic N) is 1. The Kier molecular flexibility index (Phi) is 2.91. The van der Waals surface area contributed by atoms with Gasteiger partial charge in [-0.2, -0.15) is 0 Å². The lowest BCUT2D eigenvalue weighted by Gasteiger charge is -2.33. The molecule has 1 saturated heterocycles. The fourth-order valence-electron chi connectivity index (χ4n) is 2.83. The molecule has 1 heterocycles. The topological polar surface area (TPSA) is 49.4 Å². The van der Waals surface area contributed by atoms with Gasteiger partial charge in [0.25, 0.3) is 0 Å². The number of amides is 2. The van der Waals surface area contributed by atoms with Gasteiger partial charge in [0.15, 0.2) is 0 Å². The van der Waals surface area contributed by atoms with Crippen LogP contribution in [0.2, 0.25) is 0 Å². The summed E-state index contributed by atoms with van der Waals surface area (Å²) in [5.41, 5.74) is 0.102. The van der Waals surface area contributed by atoms with Gasteiger partial charge >= 0.3 is 0 Å². The van der Waals surface area contributed by atoms with Gasteiger partial charge in [-0.3, -0.25) is 9.59 Å². The summed E-state index contributed by atoms with van der Waals surface area (Å²) in [7, 11) is 0. The van der Waals surface area contributed by atoms with Crippen molar-refractivity contribution in [3.05, 3.63) is 0 Å². The van der Waals surface area contributed by atoms with Crippen LogP contribution in [0.15, 0.2) is 0 Å². The van der Waals surface area contributed by atoms with Crippen LogP contribution in [0.3, 0.4) is 0 Å². The molecule has 0 spiro atoms. The highest BCUT2D eigenvalue weighted by atomic mass is 16.2. The fraction of sp³-hybridized carbons (Fsp3) is 0.833. The van der Waals surface area contributed by atoms with Crippen molar-refractivity contribution in [1.82, 2.24) is 10.2 Å². The van der Waals surface area contributed by atoms with Crippen LogP contribution in [0, 0.1) is 11.3 Å². The molecule has 90 valence electrons. The second kappa shape index (κ2) is 4.07. The largest absolute Gasteiger partial charge is 0.353 e. The molecule has 1 aliphatic heterocycles. The zero-order chi connectivity index (χ0) is 11.8. The number of nitrogens with one attached hydrogen (secondary N) is 1. The van der Waals surface area contributed by atoms with E-state index in [-0.39, 0.29) is 29.7 Å². The zero-order valence-electron chi connectivity index (χ0n) is 10.1. The SMILES string of the molecule is CC1(C)CCCC1C(=O)N1CCNC(=O)C1. The first-order chi connectivity index (χ1) is 7.50. The molecule has 1 aliphatic carbocycles. The molecule has 0 aromatic rings. The molecule has 0 aromatic heterocycles. The van der Waals surface area contributed by atoms with Gasteiger partial charge in [-0.1, -0.05) is 20.3 Å². The molecule has 2 amide bonds. The summed E-state index contributed by atoms with van der Waals surface area (Å²) in [4.78, 5) is 25.3. The van der Waals surface area contributed by atoms with E-state index in [0.717, 1.165) is 19.3 Å². The Bertz CT molecular complexity index is 312. The lowest BCUT2D eigenvalue weighted by atomic mass is 9.81. The molecule has 4 nitrogen and oxygen atoms in total. The molecule has 2 rings (SSSR count). The first kappa shape index (κ1) is 11.4. The maximum Gasteiger partial charge on any atom is 0.239 e. The van der Waals surface area contributed by atoms with Gasteiger partial charge in [0.2, 0.25) is 11.8 Å². The van der Waals surface area contributed by atoms with Gasteiger partial charge < -0.3 is 10.2 Å². The molecule has 1 atom stereocenters. The van der Waals surface area contributed by atoms with E-state index >= 15 is 0 Å². The van der Waals surface area contributed by atoms with Crippen molar-refractivity contribution < 1.29 is 9.59 Å². The fourth-order valence-corrected chi connectivity index (χ4v) is 2.83. The Labute approximate surface area is 96.4 Å². The Morgan fingerprint density at radius 1 is 1.50 bits per heavy atom. The predicted octanol–water partition coefficient (Wildman–Crippen LogP) is 0.771. The van der Waals surface area contributed by atoms with Crippen LogP contribution < -0.4 is 5.32 Å². The number of rotatable bonds is 1. The lowest BCUT2D eigenvalue weighted by Crippen LogP contribution is -2.52. The number of hydrogen-bond donors (Lipinski definition) is 1. The van der Waals surface area contributed by atoms with Crippen molar-refractivity contribution in [2.45, 2.75) is 33.1 Å². The summed E-state index contributed by atoms with van der Waals surface area (Å²) in [5, 5.41) is 2.75. The molecular weight excluding hydrogens is 204 g/mol. The Morgan fingerprint density at radius 3 is 2.81 bits per heavy atom. The number of piperazine rings is 1. The molecule has 1 unspecified atom stereocenters. The highest BCUT2D eigenvalue weighted by molar-refractivity contribution is 5.87. The second-order valence-electron chi connectivity index (χ2n) is 5.54. The smallest absolute Gasteiger partial charge is 0.239 e. The van der Waals surface area contributed by atoms with Crippen molar-refractivity contribution in [1.29, 1.82) is 0 Å². The van der Waals surface area contributed by atoms with E-state index in [4.69, 9.17) is 0 Å². The average Bonchev–Trinajstić information content (AvgIpc) is 2.57. The van der Waals surface area contributed by atoms with E-state index in [1.54, 1.807) is 4.90 Å². The highest BCUT2D eigenvalue weighted by Crippen LogP contribution is 2.43. The Morgan fingerprint density at radius 2 is 2.25 bits per heavy atom. The van der Waals surface area contributed by atoms with Crippen LogP contribution in [0.25, 0.3) is 0 Å². The molecule has 2 aliphatic rings. The number of hydrogen-bond acceptors (Lipinski definition) is 2. The van der Waals surface area contributed by atoms with Gasteiger partial charge in [-0.25, -0.2) is 0 Å². The molecular formula is C12H20N2O2. The summed E-state index contributed by atoms with van der Waals surface area (Å²) in [6, 6.07) is 0. The van der Waals surface area contributed by atoms with Crippen LogP contribution >= 0.6 is 0 Å². The quantitative estimate of drug-likeness (QED) is 0.715. The minimum atomic E-state index is -0.0320. The van der Waals surface area contributed by atoms with Crippen molar-refractivity contribution in [2.75, 3.05) is 19.6 Å². The number of carbonyl (C=O) groups is 2. The maximum absolute atomic E-state index is 12.3.